The summed E-state index contributed by atoms with van der Waals surface area (Å²) >= 11 is 0. The number of likely N-dealkylation sites (tertiary alicyclic amines) is 1. The minimum absolute atomic E-state index is 0. The zero-order chi connectivity index (χ0) is 19.1. The summed E-state index contributed by atoms with van der Waals surface area (Å²) < 4.78 is 2.35. The monoisotopic (exact) mass is 503 g/mol. The van der Waals surface area contributed by atoms with E-state index in [1.165, 1.54) is 44.5 Å². The Bertz CT molecular complexity index is 616. The van der Waals surface area contributed by atoms with Crippen molar-refractivity contribution in [1.29, 1.82) is 0 Å². The fourth-order valence-corrected chi connectivity index (χ4v) is 4.48. The van der Waals surface area contributed by atoms with Gasteiger partial charge >= 0.3 is 0 Å². The quantitative estimate of drug-likeness (QED) is 0.268. The van der Waals surface area contributed by atoms with Gasteiger partial charge < -0.3 is 14.8 Å². The first-order valence-corrected chi connectivity index (χ1v) is 10.8. The summed E-state index contributed by atoms with van der Waals surface area (Å²) in [4.78, 5) is 9.34. The molecule has 0 bridgehead atoms. The molecular formula is C20H38IN7. The number of aliphatic imine (C=N–C) groups is 1. The van der Waals surface area contributed by atoms with Crippen LogP contribution >= 0.6 is 24.0 Å². The van der Waals surface area contributed by atoms with Gasteiger partial charge in [-0.15, -0.1) is 34.2 Å². The van der Waals surface area contributed by atoms with Crippen molar-refractivity contribution in [2.75, 3.05) is 40.3 Å². The van der Waals surface area contributed by atoms with Gasteiger partial charge in [-0.3, -0.25) is 9.89 Å². The number of hydrogen-bond acceptors (Lipinski definition) is 4. The molecule has 1 unspecified atom stereocenters. The maximum absolute atomic E-state index is 4.48. The number of halogens is 1. The van der Waals surface area contributed by atoms with E-state index in [1.54, 1.807) is 0 Å². The predicted octanol–water partition coefficient (Wildman–Crippen LogP) is 2.55. The predicted molar refractivity (Wildman–Crippen MR) is 126 cm³/mol. The molecule has 0 radical (unpaired) electrons. The van der Waals surface area contributed by atoms with E-state index in [4.69, 9.17) is 0 Å². The van der Waals surface area contributed by atoms with E-state index in [1.807, 2.05) is 7.05 Å². The number of aryl methyl sites for hydroxylation is 2. The van der Waals surface area contributed by atoms with Crippen LogP contribution in [0.2, 0.25) is 0 Å². The zero-order valence-corrected chi connectivity index (χ0v) is 20.2. The van der Waals surface area contributed by atoms with Crippen LogP contribution in [0.4, 0.5) is 0 Å². The molecule has 1 aromatic heterocycles. The molecule has 1 atom stereocenters. The topological polar surface area (TPSA) is 61.6 Å². The lowest BCUT2D eigenvalue weighted by Crippen LogP contribution is -2.46. The maximum atomic E-state index is 4.48. The van der Waals surface area contributed by atoms with E-state index in [0.717, 1.165) is 57.2 Å². The number of nitrogens with one attached hydrogen (secondary N) is 1. The van der Waals surface area contributed by atoms with Crippen LogP contribution in [0.15, 0.2) is 4.99 Å². The molecule has 3 heterocycles. The van der Waals surface area contributed by atoms with Gasteiger partial charge in [0.05, 0.1) is 0 Å². The van der Waals surface area contributed by atoms with Crippen molar-refractivity contribution in [2.45, 2.75) is 70.9 Å². The molecule has 3 rings (SSSR count). The number of rotatable bonds is 7. The van der Waals surface area contributed by atoms with Gasteiger partial charge in [0.15, 0.2) is 5.96 Å². The summed E-state index contributed by atoms with van der Waals surface area (Å²) in [7, 11) is 4.03. The van der Waals surface area contributed by atoms with Crippen molar-refractivity contribution in [3.8, 4) is 0 Å². The van der Waals surface area contributed by atoms with E-state index >= 15 is 0 Å². The van der Waals surface area contributed by atoms with Crippen LogP contribution in [0, 0.1) is 0 Å². The second-order valence-corrected chi connectivity index (χ2v) is 7.88. The first-order valence-electron chi connectivity index (χ1n) is 10.8. The third-order valence-electron chi connectivity index (χ3n) is 6.01. The molecule has 7 nitrogen and oxygen atoms in total. The van der Waals surface area contributed by atoms with Crippen LogP contribution in [0.25, 0.3) is 0 Å². The second kappa shape index (κ2) is 11.9. The SMILES string of the molecule is CCN1CCCC1CN(C)C(=NC)NCCCc1nnc2n1CCCCC2.I. The molecule has 2 aliphatic heterocycles. The fourth-order valence-electron chi connectivity index (χ4n) is 4.48. The Labute approximate surface area is 187 Å². The van der Waals surface area contributed by atoms with E-state index in [0.29, 0.717) is 6.04 Å². The van der Waals surface area contributed by atoms with Gasteiger partial charge in [0.1, 0.15) is 11.6 Å². The second-order valence-electron chi connectivity index (χ2n) is 7.88. The lowest BCUT2D eigenvalue weighted by Gasteiger charge is -2.29. The maximum Gasteiger partial charge on any atom is 0.193 e. The van der Waals surface area contributed by atoms with E-state index < -0.39 is 0 Å². The molecule has 0 aliphatic carbocycles. The summed E-state index contributed by atoms with van der Waals surface area (Å²) in [6.07, 6.45) is 9.54. The average molecular weight is 503 g/mol. The fraction of sp³-hybridized carbons (Fsp3) is 0.850. The summed E-state index contributed by atoms with van der Waals surface area (Å²) in [5.41, 5.74) is 0. The highest BCUT2D eigenvalue weighted by Gasteiger charge is 2.24. The van der Waals surface area contributed by atoms with Gasteiger partial charge in [-0.1, -0.05) is 13.3 Å². The van der Waals surface area contributed by atoms with E-state index in [2.05, 4.69) is 48.8 Å². The third-order valence-corrected chi connectivity index (χ3v) is 6.01. The number of nitrogens with zero attached hydrogens (tertiary/aromatic N) is 6. The summed E-state index contributed by atoms with van der Waals surface area (Å²) in [6.45, 7) is 7.70. The Morgan fingerprint density at radius 1 is 1.21 bits per heavy atom. The Hall–Kier alpha value is -0.900. The highest BCUT2D eigenvalue weighted by atomic mass is 127. The number of aromatic nitrogens is 3. The molecule has 0 aromatic carbocycles. The Kier molecular flexibility index (Phi) is 9.98. The zero-order valence-electron chi connectivity index (χ0n) is 17.9. The molecule has 1 saturated heterocycles. The van der Waals surface area contributed by atoms with Gasteiger partial charge in [0.25, 0.3) is 0 Å². The van der Waals surface area contributed by atoms with Crippen molar-refractivity contribution in [3.05, 3.63) is 11.6 Å². The van der Waals surface area contributed by atoms with E-state index in [-0.39, 0.29) is 24.0 Å². The largest absolute Gasteiger partial charge is 0.356 e. The van der Waals surface area contributed by atoms with Crippen LogP contribution in [-0.4, -0.2) is 76.8 Å². The number of likely N-dealkylation sites (N-methyl/N-ethyl adjacent to an activating group) is 2. The summed E-state index contributed by atoms with van der Waals surface area (Å²) in [6, 6.07) is 0.657. The highest BCUT2D eigenvalue weighted by molar-refractivity contribution is 14.0. The molecule has 0 saturated carbocycles. The Balaban J connectivity index is 0.00000280. The third kappa shape index (κ3) is 6.05. The number of guanidine groups is 1. The Morgan fingerprint density at radius 3 is 2.86 bits per heavy atom. The summed E-state index contributed by atoms with van der Waals surface area (Å²) in [5.74, 6) is 3.34. The molecule has 1 aromatic rings. The summed E-state index contributed by atoms with van der Waals surface area (Å²) in [5, 5.41) is 12.4. The first kappa shape index (κ1) is 23.4. The number of fused-ring (bicyclic) bond motifs is 1. The molecule has 0 spiro atoms. The Morgan fingerprint density at radius 2 is 2.07 bits per heavy atom. The minimum Gasteiger partial charge on any atom is -0.356 e. The molecule has 2 aliphatic rings. The van der Waals surface area contributed by atoms with Gasteiger partial charge in [0, 0.05) is 52.6 Å². The first-order chi connectivity index (χ1) is 13.2. The van der Waals surface area contributed by atoms with Gasteiger partial charge in [0.2, 0.25) is 0 Å². The average Bonchev–Trinajstić information content (AvgIpc) is 3.21. The molecule has 0 amide bonds. The standard InChI is InChI=1S/C20H37N7.HI/c1-4-26-14-9-10-17(26)16-25(3)20(21-2)22-13-8-12-19-24-23-18-11-6-5-7-15-27(18)19;/h17H,4-16H2,1-3H3,(H,21,22);1H. The van der Waals surface area contributed by atoms with Crippen molar-refractivity contribution in [1.82, 2.24) is 29.9 Å². The van der Waals surface area contributed by atoms with Gasteiger partial charge in [-0.2, -0.15) is 0 Å². The van der Waals surface area contributed by atoms with Crippen LogP contribution in [-0.2, 0) is 19.4 Å². The molecule has 160 valence electrons. The van der Waals surface area contributed by atoms with Crippen molar-refractivity contribution < 1.29 is 0 Å². The lowest BCUT2D eigenvalue weighted by atomic mass is 10.2. The van der Waals surface area contributed by atoms with Gasteiger partial charge in [-0.25, -0.2) is 0 Å². The number of hydrogen-bond donors (Lipinski definition) is 1. The van der Waals surface area contributed by atoms with Crippen LogP contribution < -0.4 is 5.32 Å². The minimum atomic E-state index is 0. The van der Waals surface area contributed by atoms with Crippen molar-refractivity contribution in [2.24, 2.45) is 4.99 Å². The van der Waals surface area contributed by atoms with Crippen molar-refractivity contribution in [3.63, 3.8) is 0 Å². The van der Waals surface area contributed by atoms with Crippen LogP contribution in [0.1, 0.15) is 57.1 Å². The molecule has 1 fully saturated rings. The molecule has 28 heavy (non-hydrogen) atoms. The highest BCUT2D eigenvalue weighted by Crippen LogP contribution is 2.17. The van der Waals surface area contributed by atoms with Crippen LogP contribution in [0.5, 0.6) is 0 Å². The van der Waals surface area contributed by atoms with Crippen LogP contribution in [0.3, 0.4) is 0 Å². The van der Waals surface area contributed by atoms with Gasteiger partial charge in [-0.05, 0) is 45.2 Å². The molecule has 1 N–H and O–H groups in total. The lowest BCUT2D eigenvalue weighted by molar-refractivity contribution is 0.232. The molecular weight excluding hydrogens is 465 g/mol. The van der Waals surface area contributed by atoms with Crippen molar-refractivity contribution >= 4 is 29.9 Å². The van der Waals surface area contributed by atoms with E-state index in [9.17, 15) is 0 Å². The normalized spacial score (nSPS) is 20.4. The molecule has 8 heteroatoms. The smallest absolute Gasteiger partial charge is 0.193 e.